The zero-order valence-corrected chi connectivity index (χ0v) is 20.9. The molecule has 0 fully saturated rings. The molecule has 2 N–H and O–H groups in total. The van der Waals surface area contributed by atoms with E-state index in [1.165, 1.54) is 0 Å². The van der Waals surface area contributed by atoms with Crippen molar-refractivity contribution in [3.8, 4) is 11.3 Å². The van der Waals surface area contributed by atoms with Crippen LogP contribution in [0.1, 0.15) is 43.1 Å². The van der Waals surface area contributed by atoms with E-state index in [9.17, 15) is 14.7 Å². The molecule has 10 nitrogen and oxygen atoms in total. The Hall–Kier alpha value is -4.05. The van der Waals surface area contributed by atoms with Crippen LogP contribution in [0.2, 0.25) is 0 Å². The molecule has 3 heterocycles. The first-order chi connectivity index (χ1) is 17.1. The van der Waals surface area contributed by atoms with E-state index in [2.05, 4.69) is 20.1 Å². The van der Waals surface area contributed by atoms with Crippen LogP contribution in [0.3, 0.4) is 0 Å². The SMILES string of the molecule is CCOC(=O)CCc1ccc2c(c1)[nH]/c(=N\C(=O)c1ccnc(-c3cnn(C)c3)c1)n2CC(C)(C)O. The van der Waals surface area contributed by atoms with Crippen molar-refractivity contribution in [3.63, 3.8) is 0 Å². The van der Waals surface area contributed by atoms with E-state index in [4.69, 9.17) is 4.74 Å². The third kappa shape index (κ3) is 5.95. The molecule has 0 saturated carbocycles. The second-order valence-corrected chi connectivity index (χ2v) is 9.25. The monoisotopic (exact) mass is 490 g/mol. The number of hydrogen-bond donors (Lipinski definition) is 2. The first kappa shape index (κ1) is 25.1. The number of hydrogen-bond acceptors (Lipinski definition) is 6. The minimum absolute atomic E-state index is 0.221. The lowest BCUT2D eigenvalue weighted by Crippen LogP contribution is -2.32. The van der Waals surface area contributed by atoms with Crippen molar-refractivity contribution in [1.29, 1.82) is 0 Å². The number of aliphatic hydroxyl groups is 1. The molecule has 4 rings (SSSR count). The van der Waals surface area contributed by atoms with Crippen LogP contribution >= 0.6 is 0 Å². The molecule has 0 aliphatic carbocycles. The van der Waals surface area contributed by atoms with Crippen molar-refractivity contribution in [1.82, 2.24) is 24.3 Å². The van der Waals surface area contributed by atoms with E-state index in [0.717, 1.165) is 22.2 Å². The van der Waals surface area contributed by atoms with Crippen LogP contribution < -0.4 is 5.62 Å². The van der Waals surface area contributed by atoms with Crippen molar-refractivity contribution in [2.24, 2.45) is 12.0 Å². The minimum atomic E-state index is -1.04. The number of aromatic amines is 1. The number of aryl methyl sites for hydroxylation is 2. The molecule has 0 atom stereocenters. The molecule has 3 aromatic heterocycles. The highest BCUT2D eigenvalue weighted by Gasteiger charge is 2.18. The van der Waals surface area contributed by atoms with Crippen molar-refractivity contribution in [3.05, 3.63) is 65.7 Å². The van der Waals surface area contributed by atoms with E-state index in [0.29, 0.717) is 29.9 Å². The first-order valence-corrected chi connectivity index (χ1v) is 11.8. The van der Waals surface area contributed by atoms with Gasteiger partial charge in [-0.25, -0.2) is 0 Å². The molecule has 0 aliphatic heterocycles. The fourth-order valence-corrected chi connectivity index (χ4v) is 3.93. The summed E-state index contributed by atoms with van der Waals surface area (Å²) in [4.78, 5) is 36.8. The second kappa shape index (κ2) is 10.3. The summed E-state index contributed by atoms with van der Waals surface area (Å²) in [6, 6.07) is 9.03. The summed E-state index contributed by atoms with van der Waals surface area (Å²) in [5.74, 6) is -0.688. The summed E-state index contributed by atoms with van der Waals surface area (Å²) < 4.78 is 8.46. The van der Waals surface area contributed by atoms with Gasteiger partial charge in [0.25, 0.3) is 5.91 Å². The number of fused-ring (bicyclic) bond motifs is 1. The van der Waals surface area contributed by atoms with Gasteiger partial charge in [0.2, 0.25) is 5.62 Å². The standard InChI is InChI=1S/C26H30N6O4/c1-5-36-23(33)9-7-17-6-8-22-21(12-17)29-25(32(22)16-26(2,3)35)30-24(34)18-10-11-27-20(13-18)19-14-28-31(4)15-19/h6,8,10-15,35H,5,7,9,16H2,1-4H3,(H,29,30,34). The summed E-state index contributed by atoms with van der Waals surface area (Å²) in [5, 5.41) is 14.7. The summed E-state index contributed by atoms with van der Waals surface area (Å²) >= 11 is 0. The summed E-state index contributed by atoms with van der Waals surface area (Å²) in [5.41, 5.74) is 3.56. The van der Waals surface area contributed by atoms with E-state index in [-0.39, 0.29) is 18.9 Å². The lowest BCUT2D eigenvalue weighted by molar-refractivity contribution is -0.143. The zero-order chi connectivity index (χ0) is 25.9. The number of nitrogens with one attached hydrogen (secondary N) is 1. The average molecular weight is 491 g/mol. The van der Waals surface area contributed by atoms with Crippen LogP contribution in [0, 0.1) is 0 Å². The Balaban J connectivity index is 1.70. The number of H-pyrrole nitrogens is 1. The van der Waals surface area contributed by atoms with Gasteiger partial charge in [-0.2, -0.15) is 10.1 Å². The third-order valence-corrected chi connectivity index (χ3v) is 5.54. The second-order valence-electron chi connectivity index (χ2n) is 9.25. The Morgan fingerprint density at radius 2 is 2.03 bits per heavy atom. The predicted octanol–water partition coefficient (Wildman–Crippen LogP) is 2.77. The molecular formula is C26H30N6O4. The Morgan fingerprint density at radius 3 is 2.72 bits per heavy atom. The number of aromatic nitrogens is 5. The predicted molar refractivity (Wildman–Crippen MR) is 134 cm³/mol. The maximum absolute atomic E-state index is 13.1. The third-order valence-electron chi connectivity index (χ3n) is 5.54. The number of pyridine rings is 1. The number of nitrogens with zero attached hydrogens (tertiary/aromatic N) is 5. The molecule has 1 aromatic carbocycles. The van der Waals surface area contributed by atoms with E-state index < -0.39 is 11.5 Å². The molecule has 188 valence electrons. The molecule has 0 saturated heterocycles. The van der Waals surface area contributed by atoms with Gasteiger partial charge in [0.1, 0.15) is 0 Å². The Morgan fingerprint density at radius 1 is 1.22 bits per heavy atom. The van der Waals surface area contributed by atoms with Crippen LogP contribution in [0.15, 0.2) is 53.9 Å². The van der Waals surface area contributed by atoms with Crippen LogP contribution in [0.4, 0.5) is 0 Å². The molecule has 36 heavy (non-hydrogen) atoms. The molecule has 10 heteroatoms. The minimum Gasteiger partial charge on any atom is -0.466 e. The number of ether oxygens (including phenoxy) is 1. The van der Waals surface area contributed by atoms with Gasteiger partial charge < -0.3 is 19.4 Å². The maximum Gasteiger partial charge on any atom is 0.306 e. The fraction of sp³-hybridized carbons (Fsp3) is 0.346. The number of amides is 1. The lowest BCUT2D eigenvalue weighted by atomic mass is 10.1. The van der Waals surface area contributed by atoms with E-state index in [1.54, 1.807) is 54.5 Å². The number of carbonyl (C=O) groups is 2. The fourth-order valence-electron chi connectivity index (χ4n) is 3.93. The van der Waals surface area contributed by atoms with E-state index in [1.807, 2.05) is 31.4 Å². The number of imidazole rings is 1. The van der Waals surface area contributed by atoms with Gasteiger partial charge in [-0.15, -0.1) is 0 Å². The van der Waals surface area contributed by atoms with Crippen molar-refractivity contribution >= 4 is 22.9 Å². The van der Waals surface area contributed by atoms with Crippen molar-refractivity contribution < 1.29 is 19.4 Å². The Bertz CT molecular complexity index is 1470. The summed E-state index contributed by atoms with van der Waals surface area (Å²) in [7, 11) is 1.81. The molecule has 0 aliphatic rings. The van der Waals surface area contributed by atoms with Gasteiger partial charge in [0, 0.05) is 37.0 Å². The number of carbonyl (C=O) groups excluding carboxylic acids is 2. The highest BCUT2D eigenvalue weighted by molar-refractivity contribution is 5.95. The Labute approximate surface area is 208 Å². The molecule has 0 spiro atoms. The van der Waals surface area contributed by atoms with Gasteiger partial charge in [0.15, 0.2) is 0 Å². The Kier molecular flexibility index (Phi) is 7.16. The topological polar surface area (TPSA) is 127 Å². The normalized spacial score (nSPS) is 12.3. The zero-order valence-electron chi connectivity index (χ0n) is 20.9. The van der Waals surface area contributed by atoms with Gasteiger partial charge in [-0.3, -0.25) is 19.3 Å². The van der Waals surface area contributed by atoms with Crippen molar-refractivity contribution in [2.75, 3.05) is 6.61 Å². The van der Waals surface area contributed by atoms with Gasteiger partial charge >= 0.3 is 5.97 Å². The van der Waals surface area contributed by atoms with Gasteiger partial charge in [-0.05, 0) is 57.0 Å². The number of esters is 1. The van der Waals surface area contributed by atoms with Crippen LogP contribution in [-0.2, 0) is 29.5 Å². The van der Waals surface area contributed by atoms with E-state index >= 15 is 0 Å². The summed E-state index contributed by atoms with van der Waals surface area (Å²) in [6.45, 7) is 5.74. The van der Waals surface area contributed by atoms with Crippen LogP contribution in [-0.4, -0.2) is 53.5 Å². The molecule has 0 bridgehead atoms. The van der Waals surface area contributed by atoms with Gasteiger partial charge in [-0.1, -0.05) is 6.07 Å². The molecule has 4 aromatic rings. The smallest absolute Gasteiger partial charge is 0.306 e. The van der Waals surface area contributed by atoms with Gasteiger partial charge in [0.05, 0.1) is 41.7 Å². The quantitative estimate of drug-likeness (QED) is 0.366. The molecule has 1 amide bonds. The molecule has 0 radical (unpaired) electrons. The highest BCUT2D eigenvalue weighted by atomic mass is 16.5. The molecular weight excluding hydrogens is 460 g/mol. The van der Waals surface area contributed by atoms with Crippen LogP contribution in [0.25, 0.3) is 22.3 Å². The summed E-state index contributed by atoms with van der Waals surface area (Å²) in [6.07, 6.45) is 5.88. The first-order valence-electron chi connectivity index (χ1n) is 11.8. The number of benzene rings is 1. The largest absolute Gasteiger partial charge is 0.466 e. The van der Waals surface area contributed by atoms with Crippen LogP contribution in [0.5, 0.6) is 0 Å². The average Bonchev–Trinajstić information content (AvgIpc) is 3.40. The maximum atomic E-state index is 13.1. The number of rotatable bonds is 8. The van der Waals surface area contributed by atoms with Crippen molar-refractivity contribution in [2.45, 2.75) is 45.8 Å². The highest BCUT2D eigenvalue weighted by Crippen LogP contribution is 2.19. The molecule has 0 unspecified atom stereocenters. The lowest BCUT2D eigenvalue weighted by Gasteiger charge is -2.18.